The first kappa shape index (κ1) is 15.8. The summed E-state index contributed by atoms with van der Waals surface area (Å²) < 4.78 is 6.66. The molecule has 0 saturated heterocycles. The summed E-state index contributed by atoms with van der Waals surface area (Å²) in [5.74, 6) is 0.867. The van der Waals surface area contributed by atoms with Gasteiger partial charge in [0.25, 0.3) is 0 Å². The van der Waals surface area contributed by atoms with Crippen LogP contribution in [-0.2, 0) is 6.42 Å². The molecular formula is C19H22N2OS. The Labute approximate surface area is 141 Å². The Kier molecular flexibility index (Phi) is 4.84. The van der Waals surface area contributed by atoms with Gasteiger partial charge in [-0.25, -0.2) is 0 Å². The van der Waals surface area contributed by atoms with Gasteiger partial charge in [0.2, 0.25) is 0 Å². The number of methoxy groups -OCH3 is 1. The lowest BCUT2D eigenvalue weighted by molar-refractivity contribution is 0.414. The van der Waals surface area contributed by atoms with Gasteiger partial charge >= 0.3 is 0 Å². The third kappa shape index (κ3) is 3.33. The van der Waals surface area contributed by atoms with Crippen LogP contribution >= 0.6 is 11.3 Å². The molecule has 2 N–H and O–H groups in total. The van der Waals surface area contributed by atoms with E-state index in [-0.39, 0.29) is 6.04 Å². The van der Waals surface area contributed by atoms with Crippen molar-refractivity contribution in [2.24, 2.45) is 5.73 Å². The Morgan fingerprint density at radius 1 is 1.17 bits per heavy atom. The van der Waals surface area contributed by atoms with E-state index in [1.165, 1.54) is 15.6 Å². The molecule has 0 spiro atoms. The Morgan fingerprint density at radius 2 is 2.00 bits per heavy atom. The number of anilines is 1. The molecular weight excluding hydrogens is 304 g/mol. The summed E-state index contributed by atoms with van der Waals surface area (Å²) in [6.45, 7) is 0.609. The van der Waals surface area contributed by atoms with E-state index < -0.39 is 0 Å². The maximum absolute atomic E-state index is 6.07. The zero-order chi connectivity index (χ0) is 16.2. The first-order chi connectivity index (χ1) is 11.2. The van der Waals surface area contributed by atoms with Gasteiger partial charge in [0.1, 0.15) is 5.75 Å². The van der Waals surface area contributed by atoms with Gasteiger partial charge in [0.15, 0.2) is 0 Å². The summed E-state index contributed by atoms with van der Waals surface area (Å²) in [5, 5.41) is 3.60. The summed E-state index contributed by atoms with van der Waals surface area (Å²) in [7, 11) is 3.79. The normalized spacial score (nSPS) is 12.3. The predicted octanol–water partition coefficient (Wildman–Crippen LogP) is 3.92. The molecule has 2 aromatic carbocycles. The monoisotopic (exact) mass is 326 g/mol. The van der Waals surface area contributed by atoms with Crippen molar-refractivity contribution < 1.29 is 4.74 Å². The second kappa shape index (κ2) is 7.02. The molecule has 0 aliphatic rings. The number of hydrogen-bond acceptors (Lipinski definition) is 4. The quantitative estimate of drug-likeness (QED) is 0.746. The Bertz CT molecular complexity index is 784. The van der Waals surface area contributed by atoms with E-state index in [4.69, 9.17) is 10.5 Å². The maximum atomic E-state index is 6.07. The second-order valence-corrected chi connectivity index (χ2v) is 6.57. The average Bonchev–Trinajstić information content (AvgIpc) is 3.02. The minimum absolute atomic E-state index is 0.250. The number of nitrogens with two attached hydrogens (primary N) is 1. The van der Waals surface area contributed by atoms with Crippen LogP contribution < -0.4 is 15.4 Å². The van der Waals surface area contributed by atoms with Crippen molar-refractivity contribution in [3.63, 3.8) is 0 Å². The lowest BCUT2D eigenvalue weighted by atomic mass is 10.0. The summed E-state index contributed by atoms with van der Waals surface area (Å²) >= 11 is 1.80. The van der Waals surface area contributed by atoms with E-state index in [1.54, 1.807) is 18.4 Å². The summed E-state index contributed by atoms with van der Waals surface area (Å²) in [5.41, 5.74) is 8.57. The van der Waals surface area contributed by atoms with Crippen LogP contribution in [0.4, 0.5) is 5.69 Å². The largest absolute Gasteiger partial charge is 0.497 e. The Balaban J connectivity index is 1.84. The maximum Gasteiger partial charge on any atom is 0.120 e. The van der Waals surface area contributed by atoms with Gasteiger partial charge in [0, 0.05) is 36.1 Å². The van der Waals surface area contributed by atoms with Gasteiger partial charge in [-0.3, -0.25) is 0 Å². The van der Waals surface area contributed by atoms with Gasteiger partial charge in [-0.2, -0.15) is 0 Å². The van der Waals surface area contributed by atoms with Crippen molar-refractivity contribution >= 4 is 27.1 Å². The molecule has 120 valence electrons. The number of likely N-dealkylation sites (N-methyl/N-ethyl adjacent to an activating group) is 1. The topological polar surface area (TPSA) is 38.5 Å². The molecule has 0 amide bonds. The van der Waals surface area contributed by atoms with Crippen LogP contribution in [0.3, 0.4) is 0 Å². The van der Waals surface area contributed by atoms with E-state index in [0.29, 0.717) is 6.54 Å². The van der Waals surface area contributed by atoms with Gasteiger partial charge in [0.05, 0.1) is 7.11 Å². The highest BCUT2D eigenvalue weighted by molar-refractivity contribution is 7.17. The van der Waals surface area contributed by atoms with Gasteiger partial charge in [-0.1, -0.05) is 24.3 Å². The number of ether oxygens (including phenoxy) is 1. The predicted molar refractivity (Wildman–Crippen MR) is 99.8 cm³/mol. The fraction of sp³-hybridized carbons (Fsp3) is 0.263. The molecule has 0 aliphatic heterocycles. The van der Waals surface area contributed by atoms with Gasteiger partial charge < -0.3 is 15.4 Å². The first-order valence-electron chi connectivity index (χ1n) is 7.75. The molecule has 1 aromatic heterocycles. The Morgan fingerprint density at radius 3 is 2.78 bits per heavy atom. The number of fused-ring (bicyclic) bond motifs is 1. The zero-order valence-electron chi connectivity index (χ0n) is 13.5. The van der Waals surface area contributed by atoms with Crippen LogP contribution in [0.15, 0.2) is 53.9 Å². The molecule has 4 heteroatoms. The molecule has 0 bridgehead atoms. The fourth-order valence-corrected chi connectivity index (χ4v) is 3.84. The van der Waals surface area contributed by atoms with Crippen molar-refractivity contribution in [2.45, 2.75) is 12.5 Å². The molecule has 0 saturated carbocycles. The van der Waals surface area contributed by atoms with Crippen molar-refractivity contribution in [3.8, 4) is 5.75 Å². The minimum Gasteiger partial charge on any atom is -0.497 e. The molecule has 1 atom stereocenters. The van der Waals surface area contributed by atoms with Crippen LogP contribution in [0.1, 0.15) is 5.56 Å². The van der Waals surface area contributed by atoms with Gasteiger partial charge in [-0.05, 0) is 40.9 Å². The van der Waals surface area contributed by atoms with Crippen molar-refractivity contribution in [1.29, 1.82) is 0 Å². The van der Waals surface area contributed by atoms with Crippen LogP contribution in [0, 0.1) is 0 Å². The standard InChI is InChI=1S/C19H22N2OS/c1-21(15-6-5-7-17(11-15)22-2)16(12-20)10-14-13-23-19-9-4-3-8-18(14)19/h3-9,11,13,16H,10,12,20H2,1-2H3. The molecule has 0 radical (unpaired) electrons. The van der Waals surface area contributed by atoms with E-state index in [9.17, 15) is 0 Å². The average molecular weight is 326 g/mol. The van der Waals surface area contributed by atoms with E-state index >= 15 is 0 Å². The highest BCUT2D eigenvalue weighted by Crippen LogP contribution is 2.28. The highest BCUT2D eigenvalue weighted by Gasteiger charge is 2.17. The van der Waals surface area contributed by atoms with Crippen LogP contribution in [0.25, 0.3) is 10.1 Å². The Hall–Kier alpha value is -2.04. The number of hydrogen-bond donors (Lipinski definition) is 1. The number of benzene rings is 2. The lowest BCUT2D eigenvalue weighted by Gasteiger charge is -2.29. The second-order valence-electron chi connectivity index (χ2n) is 5.66. The van der Waals surface area contributed by atoms with Crippen LogP contribution in [-0.4, -0.2) is 26.7 Å². The van der Waals surface area contributed by atoms with Gasteiger partial charge in [-0.15, -0.1) is 11.3 Å². The molecule has 1 heterocycles. The molecule has 0 fully saturated rings. The van der Waals surface area contributed by atoms with Crippen molar-refractivity contribution in [1.82, 2.24) is 0 Å². The summed E-state index contributed by atoms with van der Waals surface area (Å²) in [4.78, 5) is 2.24. The zero-order valence-corrected chi connectivity index (χ0v) is 14.3. The summed E-state index contributed by atoms with van der Waals surface area (Å²) in [6, 6.07) is 16.9. The molecule has 3 aromatic rings. The molecule has 23 heavy (non-hydrogen) atoms. The van der Waals surface area contributed by atoms with E-state index in [0.717, 1.165) is 17.9 Å². The van der Waals surface area contributed by atoms with Crippen LogP contribution in [0.5, 0.6) is 5.75 Å². The SMILES string of the molecule is COc1cccc(N(C)C(CN)Cc2csc3ccccc23)c1. The fourth-order valence-electron chi connectivity index (χ4n) is 2.86. The molecule has 3 rings (SSSR count). The van der Waals surface area contributed by atoms with Crippen molar-refractivity contribution in [2.75, 3.05) is 25.6 Å². The number of thiophene rings is 1. The van der Waals surface area contributed by atoms with E-state index in [1.807, 2.05) is 18.2 Å². The molecule has 1 unspecified atom stereocenters. The van der Waals surface area contributed by atoms with Crippen molar-refractivity contribution in [3.05, 3.63) is 59.5 Å². The summed E-state index contributed by atoms with van der Waals surface area (Å²) in [6.07, 6.45) is 0.939. The lowest BCUT2D eigenvalue weighted by Crippen LogP contribution is -2.39. The highest BCUT2D eigenvalue weighted by atomic mass is 32.1. The van der Waals surface area contributed by atoms with E-state index in [2.05, 4.69) is 47.7 Å². The number of nitrogens with zero attached hydrogens (tertiary/aromatic N) is 1. The molecule has 3 nitrogen and oxygen atoms in total. The third-order valence-electron chi connectivity index (χ3n) is 4.30. The molecule has 0 aliphatic carbocycles. The number of rotatable bonds is 6. The smallest absolute Gasteiger partial charge is 0.120 e. The minimum atomic E-state index is 0.250. The van der Waals surface area contributed by atoms with Crippen LogP contribution in [0.2, 0.25) is 0 Å². The first-order valence-corrected chi connectivity index (χ1v) is 8.63. The third-order valence-corrected chi connectivity index (χ3v) is 5.31.